The summed E-state index contributed by atoms with van der Waals surface area (Å²) in [5, 5.41) is 4.64. The molecule has 0 fully saturated rings. The predicted octanol–water partition coefficient (Wildman–Crippen LogP) is 1.51. The van der Waals surface area contributed by atoms with E-state index in [2.05, 4.69) is 15.6 Å². The molecule has 1 aromatic heterocycles. The van der Waals surface area contributed by atoms with E-state index in [0.717, 1.165) is 6.42 Å². The fourth-order valence-corrected chi connectivity index (χ4v) is 1.69. The topological polar surface area (TPSA) is 107 Å². The third kappa shape index (κ3) is 7.08. The molecule has 0 unspecified atom stereocenters. The molecule has 0 atom stereocenters. The first kappa shape index (κ1) is 19.4. The Hall–Kier alpha value is -2.64. The summed E-state index contributed by atoms with van der Waals surface area (Å²) >= 11 is 0. The fourth-order valence-electron chi connectivity index (χ4n) is 1.69. The summed E-state index contributed by atoms with van der Waals surface area (Å²) in [7, 11) is 0. The molecular formula is C16H23N3O5. The molecule has 0 spiro atoms. The maximum Gasteiger partial charge on any atom is 0.344 e. The van der Waals surface area contributed by atoms with Gasteiger partial charge in [0.05, 0.1) is 6.61 Å². The van der Waals surface area contributed by atoms with Gasteiger partial charge in [0, 0.05) is 12.7 Å². The Kier molecular flexibility index (Phi) is 8.24. The summed E-state index contributed by atoms with van der Waals surface area (Å²) in [5.74, 6) is -0.882. The molecule has 1 heterocycles. The van der Waals surface area contributed by atoms with Gasteiger partial charge in [0.2, 0.25) is 5.88 Å². The van der Waals surface area contributed by atoms with Crippen LogP contribution in [0, 0.1) is 5.92 Å². The van der Waals surface area contributed by atoms with Crippen LogP contribution in [0.2, 0.25) is 0 Å². The van der Waals surface area contributed by atoms with E-state index < -0.39 is 24.5 Å². The summed E-state index contributed by atoms with van der Waals surface area (Å²) in [6.45, 7) is 6.04. The number of amides is 3. The van der Waals surface area contributed by atoms with Crippen LogP contribution in [-0.4, -0.2) is 42.7 Å². The second kappa shape index (κ2) is 10.2. The Morgan fingerprint density at radius 2 is 2.04 bits per heavy atom. The zero-order chi connectivity index (χ0) is 17.9. The van der Waals surface area contributed by atoms with Gasteiger partial charge in [0.1, 0.15) is 5.56 Å². The van der Waals surface area contributed by atoms with Crippen molar-refractivity contribution in [3.8, 4) is 5.88 Å². The van der Waals surface area contributed by atoms with Crippen LogP contribution in [-0.2, 0) is 9.53 Å². The lowest BCUT2D eigenvalue weighted by atomic mass is 10.1. The van der Waals surface area contributed by atoms with E-state index >= 15 is 0 Å². The quantitative estimate of drug-likeness (QED) is 0.696. The van der Waals surface area contributed by atoms with Gasteiger partial charge in [-0.3, -0.25) is 10.1 Å². The molecule has 2 N–H and O–H groups in total. The third-order valence-electron chi connectivity index (χ3n) is 2.87. The Morgan fingerprint density at radius 3 is 2.71 bits per heavy atom. The first-order chi connectivity index (χ1) is 11.4. The molecule has 0 aliphatic carbocycles. The SMILES string of the molecule is CCOc1ncccc1C(=O)OCC(=O)NC(=O)NCCC(C)C. The highest BCUT2D eigenvalue weighted by Gasteiger charge is 2.17. The maximum absolute atomic E-state index is 12.0. The Bertz CT molecular complexity index is 575. The van der Waals surface area contributed by atoms with Gasteiger partial charge in [0.15, 0.2) is 6.61 Å². The highest BCUT2D eigenvalue weighted by molar-refractivity contribution is 5.97. The standard InChI is InChI=1S/C16H23N3O5/c1-4-23-14-12(6-5-8-17-14)15(21)24-10-13(20)19-16(22)18-9-7-11(2)3/h5-6,8,11H,4,7,9-10H2,1-3H3,(H2,18,19,20,22). The van der Waals surface area contributed by atoms with Crippen LogP contribution in [0.1, 0.15) is 37.6 Å². The molecule has 0 aliphatic rings. The van der Waals surface area contributed by atoms with Crippen LogP contribution in [0.3, 0.4) is 0 Å². The van der Waals surface area contributed by atoms with E-state index in [1.54, 1.807) is 13.0 Å². The minimum Gasteiger partial charge on any atom is -0.477 e. The van der Waals surface area contributed by atoms with E-state index in [-0.39, 0.29) is 11.4 Å². The molecule has 0 saturated heterocycles. The molecule has 0 saturated carbocycles. The lowest BCUT2D eigenvalue weighted by Crippen LogP contribution is -2.42. The van der Waals surface area contributed by atoms with Crippen LogP contribution in [0.15, 0.2) is 18.3 Å². The van der Waals surface area contributed by atoms with Crippen molar-refractivity contribution in [3.05, 3.63) is 23.9 Å². The number of aromatic nitrogens is 1. The summed E-state index contributed by atoms with van der Waals surface area (Å²) < 4.78 is 10.1. The molecule has 0 bridgehead atoms. The van der Waals surface area contributed by atoms with Gasteiger partial charge >= 0.3 is 12.0 Å². The number of carbonyl (C=O) groups is 3. The Morgan fingerprint density at radius 1 is 1.29 bits per heavy atom. The fraction of sp³-hybridized carbons (Fsp3) is 0.500. The molecule has 0 aromatic carbocycles. The van der Waals surface area contributed by atoms with Crippen molar-refractivity contribution in [2.45, 2.75) is 27.2 Å². The average molecular weight is 337 g/mol. The van der Waals surface area contributed by atoms with Gasteiger partial charge in [-0.2, -0.15) is 0 Å². The van der Waals surface area contributed by atoms with Crippen molar-refractivity contribution in [1.29, 1.82) is 0 Å². The molecule has 24 heavy (non-hydrogen) atoms. The largest absolute Gasteiger partial charge is 0.477 e. The van der Waals surface area contributed by atoms with Crippen LogP contribution in [0.25, 0.3) is 0 Å². The number of ether oxygens (including phenoxy) is 2. The number of hydrogen-bond acceptors (Lipinski definition) is 6. The predicted molar refractivity (Wildman–Crippen MR) is 86.7 cm³/mol. The number of hydrogen-bond donors (Lipinski definition) is 2. The number of esters is 1. The molecule has 8 heteroatoms. The van der Waals surface area contributed by atoms with Crippen LogP contribution >= 0.6 is 0 Å². The second-order valence-corrected chi connectivity index (χ2v) is 5.35. The normalized spacial score (nSPS) is 10.2. The minimum absolute atomic E-state index is 0.119. The molecule has 0 radical (unpaired) electrons. The van der Waals surface area contributed by atoms with Crippen molar-refractivity contribution in [3.63, 3.8) is 0 Å². The summed E-state index contributed by atoms with van der Waals surface area (Å²) in [5.41, 5.74) is 0.119. The Labute approximate surface area is 140 Å². The van der Waals surface area contributed by atoms with Crippen molar-refractivity contribution < 1.29 is 23.9 Å². The van der Waals surface area contributed by atoms with E-state index in [0.29, 0.717) is 19.1 Å². The Balaban J connectivity index is 2.41. The van der Waals surface area contributed by atoms with Gasteiger partial charge in [-0.05, 0) is 31.4 Å². The second-order valence-electron chi connectivity index (χ2n) is 5.35. The van der Waals surface area contributed by atoms with Crippen molar-refractivity contribution in [2.75, 3.05) is 19.8 Å². The lowest BCUT2D eigenvalue weighted by Gasteiger charge is -2.10. The third-order valence-corrected chi connectivity index (χ3v) is 2.87. The van der Waals surface area contributed by atoms with Gasteiger partial charge in [-0.25, -0.2) is 14.6 Å². The van der Waals surface area contributed by atoms with Crippen LogP contribution in [0.5, 0.6) is 5.88 Å². The lowest BCUT2D eigenvalue weighted by molar-refractivity contribution is -0.123. The minimum atomic E-state index is -0.748. The number of nitrogens with zero attached hydrogens (tertiary/aromatic N) is 1. The number of pyridine rings is 1. The van der Waals surface area contributed by atoms with E-state index in [4.69, 9.17) is 9.47 Å². The maximum atomic E-state index is 12.0. The number of carbonyl (C=O) groups excluding carboxylic acids is 3. The molecule has 8 nitrogen and oxygen atoms in total. The molecule has 1 rings (SSSR count). The summed E-state index contributed by atoms with van der Waals surface area (Å²) in [6.07, 6.45) is 2.29. The number of urea groups is 1. The van der Waals surface area contributed by atoms with Crippen molar-refractivity contribution >= 4 is 17.9 Å². The zero-order valence-electron chi connectivity index (χ0n) is 14.1. The number of rotatable bonds is 8. The van der Waals surface area contributed by atoms with Gasteiger partial charge in [-0.15, -0.1) is 0 Å². The first-order valence-electron chi connectivity index (χ1n) is 7.76. The van der Waals surface area contributed by atoms with Gasteiger partial charge < -0.3 is 14.8 Å². The van der Waals surface area contributed by atoms with E-state index in [1.165, 1.54) is 12.3 Å². The van der Waals surface area contributed by atoms with E-state index in [1.807, 2.05) is 13.8 Å². The highest BCUT2D eigenvalue weighted by Crippen LogP contribution is 2.15. The summed E-state index contributed by atoms with van der Waals surface area (Å²) in [6, 6.07) is 2.42. The monoisotopic (exact) mass is 337 g/mol. The number of imide groups is 1. The molecule has 1 aromatic rings. The summed E-state index contributed by atoms with van der Waals surface area (Å²) in [4.78, 5) is 39.0. The first-order valence-corrected chi connectivity index (χ1v) is 7.76. The van der Waals surface area contributed by atoms with Crippen molar-refractivity contribution in [2.24, 2.45) is 5.92 Å². The molecule has 3 amide bonds. The molecule has 132 valence electrons. The molecule has 0 aliphatic heterocycles. The van der Waals surface area contributed by atoms with Crippen LogP contribution < -0.4 is 15.4 Å². The van der Waals surface area contributed by atoms with E-state index in [9.17, 15) is 14.4 Å². The number of nitrogens with one attached hydrogen (secondary N) is 2. The highest BCUT2D eigenvalue weighted by atomic mass is 16.5. The smallest absolute Gasteiger partial charge is 0.344 e. The van der Waals surface area contributed by atoms with Gasteiger partial charge in [0.25, 0.3) is 5.91 Å². The van der Waals surface area contributed by atoms with Crippen LogP contribution in [0.4, 0.5) is 4.79 Å². The average Bonchev–Trinajstić information content (AvgIpc) is 2.53. The van der Waals surface area contributed by atoms with Crippen molar-refractivity contribution in [1.82, 2.24) is 15.6 Å². The molecular weight excluding hydrogens is 314 g/mol. The van der Waals surface area contributed by atoms with Gasteiger partial charge in [-0.1, -0.05) is 13.8 Å². The zero-order valence-corrected chi connectivity index (χ0v) is 14.1.